The summed E-state index contributed by atoms with van der Waals surface area (Å²) in [7, 11) is 0. The van der Waals surface area contributed by atoms with E-state index in [0.29, 0.717) is 0 Å². The summed E-state index contributed by atoms with van der Waals surface area (Å²) in [6.07, 6.45) is -0.640. The number of nitrogens with two attached hydrogens (primary N) is 1. The van der Waals surface area contributed by atoms with Gasteiger partial charge in [-0.1, -0.05) is 20.8 Å². The van der Waals surface area contributed by atoms with Gasteiger partial charge in [-0.25, -0.2) is 0 Å². The molecule has 0 aromatic heterocycles. The zero-order valence-electron chi connectivity index (χ0n) is 6.76. The summed E-state index contributed by atoms with van der Waals surface area (Å²) in [6, 6.07) is 0. The average molecular weight is 169 g/mol. The lowest BCUT2D eigenvalue weighted by atomic mass is 9.89. The van der Waals surface area contributed by atoms with Crippen LogP contribution in [-0.4, -0.2) is 16.7 Å². The molecule has 0 heterocycles. The fourth-order valence-corrected chi connectivity index (χ4v) is 0.856. The number of hydrogen-bond acceptors (Lipinski definition) is 3. The van der Waals surface area contributed by atoms with Gasteiger partial charge in [-0.15, -0.1) is 11.6 Å². The van der Waals surface area contributed by atoms with E-state index < -0.39 is 11.6 Å². The maximum atomic E-state index is 9.21. The summed E-state index contributed by atoms with van der Waals surface area (Å²) in [5.74, 6) is 0. The van der Waals surface area contributed by atoms with Crippen molar-refractivity contribution in [2.75, 3.05) is 0 Å². The van der Waals surface area contributed by atoms with Crippen molar-refractivity contribution in [1.82, 2.24) is 6.15 Å². The molecule has 4 heteroatoms. The molecule has 0 aliphatic carbocycles. The Morgan fingerprint density at radius 1 is 1.40 bits per heavy atom. The first-order valence-corrected chi connectivity index (χ1v) is 3.37. The van der Waals surface area contributed by atoms with Crippen LogP contribution in [-0.2, 0) is 0 Å². The van der Waals surface area contributed by atoms with Crippen molar-refractivity contribution < 1.29 is 5.11 Å². The highest BCUT2D eigenvalue weighted by Crippen LogP contribution is 2.21. The van der Waals surface area contributed by atoms with E-state index in [-0.39, 0.29) is 11.6 Å². The molecule has 0 aromatic carbocycles. The van der Waals surface area contributed by atoms with E-state index in [2.05, 4.69) is 0 Å². The van der Waals surface area contributed by atoms with E-state index >= 15 is 0 Å². The first-order chi connectivity index (χ1) is 3.85. The van der Waals surface area contributed by atoms with Crippen molar-refractivity contribution in [2.45, 2.75) is 32.4 Å². The third-order valence-corrected chi connectivity index (χ3v) is 1.43. The number of hydrogen-bond donors (Lipinski definition) is 3. The van der Waals surface area contributed by atoms with E-state index in [0.717, 1.165) is 0 Å². The van der Waals surface area contributed by atoms with Crippen LogP contribution >= 0.6 is 11.6 Å². The number of aliphatic hydroxyl groups is 1. The molecule has 10 heavy (non-hydrogen) atoms. The van der Waals surface area contributed by atoms with E-state index in [4.69, 9.17) is 17.3 Å². The number of aliphatic hydroxyl groups excluding tert-OH is 1. The number of rotatable bonds is 1. The van der Waals surface area contributed by atoms with Gasteiger partial charge in [-0.2, -0.15) is 0 Å². The molecule has 0 aliphatic heterocycles. The van der Waals surface area contributed by atoms with Crippen LogP contribution in [0.1, 0.15) is 20.8 Å². The third kappa shape index (κ3) is 4.06. The van der Waals surface area contributed by atoms with Crippen molar-refractivity contribution in [3.63, 3.8) is 0 Å². The minimum absolute atomic E-state index is 0. The molecule has 0 fully saturated rings. The SMILES string of the molecule is CC(C)(C)C(O)C(N)Cl.N. The van der Waals surface area contributed by atoms with Crippen LogP contribution in [0.4, 0.5) is 0 Å². The quantitative estimate of drug-likeness (QED) is 0.405. The second-order valence-electron chi connectivity index (χ2n) is 3.26. The normalized spacial score (nSPS) is 17.4. The first kappa shape index (κ1) is 12.8. The van der Waals surface area contributed by atoms with Crippen molar-refractivity contribution in [2.24, 2.45) is 11.1 Å². The summed E-state index contributed by atoms with van der Waals surface area (Å²) in [5.41, 5.74) is 4.35. The van der Waals surface area contributed by atoms with Gasteiger partial charge in [0.05, 0.1) is 6.10 Å². The minimum Gasteiger partial charge on any atom is -0.390 e. The van der Waals surface area contributed by atoms with Crippen LogP contribution in [0.3, 0.4) is 0 Å². The predicted octanol–water partition coefficient (Wildman–Crippen LogP) is 1.08. The Kier molecular flexibility index (Phi) is 5.29. The summed E-state index contributed by atoms with van der Waals surface area (Å²) in [5, 5.41) is 9.21. The highest BCUT2D eigenvalue weighted by atomic mass is 35.5. The lowest BCUT2D eigenvalue weighted by molar-refractivity contribution is 0.0606. The Morgan fingerprint density at radius 2 is 1.70 bits per heavy atom. The van der Waals surface area contributed by atoms with Gasteiger partial charge in [0.25, 0.3) is 0 Å². The highest BCUT2D eigenvalue weighted by Gasteiger charge is 2.26. The van der Waals surface area contributed by atoms with Crippen LogP contribution in [0, 0.1) is 5.41 Å². The van der Waals surface area contributed by atoms with E-state index in [1.165, 1.54) is 0 Å². The predicted molar refractivity (Wildman–Crippen MR) is 44.3 cm³/mol. The van der Waals surface area contributed by atoms with Gasteiger partial charge in [0.1, 0.15) is 5.50 Å². The van der Waals surface area contributed by atoms with Gasteiger partial charge < -0.3 is 17.0 Å². The molecular formula is C6H17ClN2O. The third-order valence-electron chi connectivity index (χ3n) is 1.19. The second-order valence-corrected chi connectivity index (χ2v) is 3.76. The van der Waals surface area contributed by atoms with E-state index in [1.807, 2.05) is 20.8 Å². The summed E-state index contributed by atoms with van der Waals surface area (Å²) >= 11 is 5.44. The zero-order valence-corrected chi connectivity index (χ0v) is 7.52. The van der Waals surface area contributed by atoms with Crippen LogP contribution in [0.25, 0.3) is 0 Å². The lowest BCUT2D eigenvalue weighted by Gasteiger charge is -2.27. The monoisotopic (exact) mass is 168 g/mol. The Labute approximate surface area is 67.1 Å². The summed E-state index contributed by atoms with van der Waals surface area (Å²) < 4.78 is 0. The zero-order chi connectivity index (χ0) is 7.65. The summed E-state index contributed by atoms with van der Waals surface area (Å²) in [6.45, 7) is 5.67. The molecule has 0 radical (unpaired) electrons. The molecule has 0 aliphatic rings. The van der Waals surface area contributed by atoms with Gasteiger partial charge >= 0.3 is 0 Å². The standard InChI is InChI=1S/C6H14ClNO.H3N/c1-6(2,3)4(9)5(7)8;/h4-5,9H,8H2,1-3H3;1H3. The number of halogens is 1. The fraction of sp³-hybridized carbons (Fsp3) is 1.00. The smallest absolute Gasteiger partial charge is 0.107 e. The number of alkyl halides is 1. The first-order valence-electron chi connectivity index (χ1n) is 2.93. The molecule has 0 saturated heterocycles. The summed E-state index contributed by atoms with van der Waals surface area (Å²) in [4.78, 5) is 0. The largest absolute Gasteiger partial charge is 0.390 e. The average Bonchev–Trinajstić information content (AvgIpc) is 1.62. The second kappa shape index (κ2) is 4.13. The minimum atomic E-state index is -0.662. The molecule has 0 rings (SSSR count). The van der Waals surface area contributed by atoms with Crippen LogP contribution in [0.15, 0.2) is 0 Å². The maximum Gasteiger partial charge on any atom is 0.107 e. The Hall–Kier alpha value is 0.170. The lowest BCUT2D eigenvalue weighted by Crippen LogP contribution is -2.39. The molecule has 0 aromatic rings. The molecule has 2 unspecified atom stereocenters. The van der Waals surface area contributed by atoms with Gasteiger partial charge in [0, 0.05) is 0 Å². The maximum absolute atomic E-state index is 9.21. The molecule has 3 nitrogen and oxygen atoms in total. The van der Waals surface area contributed by atoms with E-state index in [1.54, 1.807) is 0 Å². The van der Waals surface area contributed by atoms with E-state index in [9.17, 15) is 5.11 Å². The van der Waals surface area contributed by atoms with Crippen LogP contribution in [0.2, 0.25) is 0 Å². The van der Waals surface area contributed by atoms with Crippen molar-refractivity contribution in [3.8, 4) is 0 Å². The molecule has 0 amide bonds. The Balaban J connectivity index is 0. The van der Waals surface area contributed by atoms with Crippen molar-refractivity contribution >= 4 is 11.6 Å². The molecule has 6 N–H and O–H groups in total. The topological polar surface area (TPSA) is 81.2 Å². The molecule has 0 saturated carbocycles. The van der Waals surface area contributed by atoms with Crippen molar-refractivity contribution in [3.05, 3.63) is 0 Å². The fourth-order valence-electron chi connectivity index (χ4n) is 0.478. The van der Waals surface area contributed by atoms with Gasteiger partial charge in [0.2, 0.25) is 0 Å². The Morgan fingerprint density at radius 3 is 1.70 bits per heavy atom. The highest BCUT2D eigenvalue weighted by molar-refractivity contribution is 6.20. The van der Waals surface area contributed by atoms with Crippen LogP contribution in [0.5, 0.6) is 0 Å². The van der Waals surface area contributed by atoms with Gasteiger partial charge in [-0.05, 0) is 5.41 Å². The molecule has 0 bridgehead atoms. The van der Waals surface area contributed by atoms with Crippen LogP contribution < -0.4 is 11.9 Å². The molecule has 0 spiro atoms. The molecule has 64 valence electrons. The molecular weight excluding hydrogens is 152 g/mol. The van der Waals surface area contributed by atoms with Gasteiger partial charge in [0.15, 0.2) is 0 Å². The van der Waals surface area contributed by atoms with Crippen molar-refractivity contribution in [1.29, 1.82) is 0 Å². The van der Waals surface area contributed by atoms with Gasteiger partial charge in [-0.3, -0.25) is 0 Å². The molecule has 2 atom stereocenters. The Bertz CT molecular complexity index is 90.2.